The minimum absolute atomic E-state index is 0.114. The van der Waals surface area contributed by atoms with Crippen molar-refractivity contribution < 1.29 is 34.0 Å². The van der Waals surface area contributed by atoms with E-state index in [9.17, 15) is 19.8 Å². The molecule has 2 bridgehead atoms. The fourth-order valence-electron chi connectivity index (χ4n) is 5.74. The summed E-state index contributed by atoms with van der Waals surface area (Å²) in [5, 5.41) is 26.2. The summed E-state index contributed by atoms with van der Waals surface area (Å²) in [6.45, 7) is 7.20. The van der Waals surface area contributed by atoms with E-state index < -0.39 is 42.3 Å². The van der Waals surface area contributed by atoms with Crippen LogP contribution >= 0.6 is 11.6 Å². The van der Waals surface area contributed by atoms with Gasteiger partial charge in [0.15, 0.2) is 6.10 Å². The highest BCUT2D eigenvalue weighted by Gasteiger charge is 2.30. The van der Waals surface area contributed by atoms with E-state index >= 15 is 0 Å². The maximum atomic E-state index is 13.3. The number of hydrogen-bond donors (Lipinski definition) is 4. The van der Waals surface area contributed by atoms with Crippen molar-refractivity contribution in [3.63, 3.8) is 0 Å². The van der Waals surface area contributed by atoms with Gasteiger partial charge >= 0.3 is 6.09 Å². The van der Waals surface area contributed by atoms with Crippen molar-refractivity contribution in [1.29, 1.82) is 0 Å². The number of phenols is 1. The van der Waals surface area contributed by atoms with Gasteiger partial charge in [0.2, 0.25) is 0 Å². The van der Waals surface area contributed by atoms with E-state index in [-0.39, 0.29) is 17.4 Å². The first kappa shape index (κ1) is 34.8. The van der Waals surface area contributed by atoms with Crippen LogP contribution in [0.1, 0.15) is 39.7 Å². The third-order valence-corrected chi connectivity index (χ3v) is 8.45. The summed E-state index contributed by atoms with van der Waals surface area (Å²) in [5.74, 6) is -1.11. The van der Waals surface area contributed by atoms with Gasteiger partial charge in [-0.25, -0.2) is 14.8 Å². The quantitative estimate of drug-likeness (QED) is 0.160. The number of aliphatic hydroxyl groups excluding tert-OH is 1. The summed E-state index contributed by atoms with van der Waals surface area (Å²) in [5.41, 5.74) is 9.14. The van der Waals surface area contributed by atoms with Crippen LogP contribution in [0.3, 0.4) is 0 Å². The van der Waals surface area contributed by atoms with Gasteiger partial charge in [-0.15, -0.1) is 0 Å². The SMILES string of the molecule is COC1/C=C\C=C(\C)C(=O)Nc2cc3nc4cc(Cl)ccc4nc3c(c2O)CC(C)CC(OC)C(O)C(C)/C=C(/C)C1OC(N)=O. The number of nitrogens with one attached hydrogen (secondary N) is 1. The Bertz CT molecular complexity index is 1710. The van der Waals surface area contributed by atoms with E-state index in [1.807, 2.05) is 13.8 Å². The molecule has 2 aromatic carbocycles. The number of nitrogens with two attached hydrogens (primary N) is 1. The summed E-state index contributed by atoms with van der Waals surface area (Å²) < 4.78 is 16.8. The number of hydrogen-bond acceptors (Lipinski definition) is 9. The van der Waals surface area contributed by atoms with Crippen molar-refractivity contribution in [2.45, 2.75) is 65.0 Å². The number of halogens is 1. The molecule has 0 saturated carbocycles. The van der Waals surface area contributed by atoms with Gasteiger partial charge in [0, 0.05) is 36.3 Å². The van der Waals surface area contributed by atoms with Gasteiger partial charge in [-0.2, -0.15) is 0 Å². The molecule has 4 rings (SSSR count). The molecule has 5 N–H and O–H groups in total. The predicted molar refractivity (Wildman–Crippen MR) is 178 cm³/mol. The van der Waals surface area contributed by atoms with Gasteiger partial charge in [-0.3, -0.25) is 4.79 Å². The molecule has 1 aliphatic heterocycles. The molecule has 0 spiro atoms. The number of amides is 2. The van der Waals surface area contributed by atoms with E-state index in [1.54, 1.807) is 62.4 Å². The monoisotopic (exact) mass is 652 g/mol. The van der Waals surface area contributed by atoms with Crippen LogP contribution in [-0.4, -0.2) is 70.8 Å². The van der Waals surface area contributed by atoms with Crippen molar-refractivity contribution in [3.05, 3.63) is 70.3 Å². The van der Waals surface area contributed by atoms with Gasteiger partial charge in [0.25, 0.3) is 5.91 Å². The Balaban J connectivity index is 1.86. The number of nitrogens with zero attached hydrogens (tertiary/aromatic N) is 2. The molecule has 6 unspecified atom stereocenters. The van der Waals surface area contributed by atoms with Crippen LogP contribution in [0.5, 0.6) is 5.75 Å². The summed E-state index contributed by atoms with van der Waals surface area (Å²) in [6.07, 6.45) is 3.24. The molecule has 1 aromatic heterocycles. The average molecular weight is 653 g/mol. The van der Waals surface area contributed by atoms with Gasteiger partial charge in [0.1, 0.15) is 11.9 Å². The second kappa shape index (κ2) is 15.0. The largest absolute Gasteiger partial charge is 0.505 e. The second-order valence-corrected chi connectivity index (χ2v) is 12.2. The maximum Gasteiger partial charge on any atom is 0.405 e. The fraction of sp³-hybridized carbons (Fsp3) is 0.412. The Labute approximate surface area is 273 Å². The topological polar surface area (TPSA) is 166 Å². The molecule has 11 nitrogen and oxygen atoms in total. The number of ether oxygens (including phenoxy) is 3. The summed E-state index contributed by atoms with van der Waals surface area (Å²) in [4.78, 5) is 34.7. The predicted octanol–water partition coefficient (Wildman–Crippen LogP) is 5.60. The smallest absolute Gasteiger partial charge is 0.405 e. The molecular weight excluding hydrogens is 612 g/mol. The van der Waals surface area contributed by atoms with Gasteiger partial charge in [-0.05, 0) is 62.4 Å². The number of rotatable bonds is 3. The third-order valence-electron chi connectivity index (χ3n) is 8.21. The zero-order valence-electron chi connectivity index (χ0n) is 26.8. The first-order chi connectivity index (χ1) is 21.8. The highest BCUT2D eigenvalue weighted by molar-refractivity contribution is 6.31. The number of aromatic nitrogens is 2. The van der Waals surface area contributed by atoms with Crippen LogP contribution < -0.4 is 11.1 Å². The lowest BCUT2D eigenvalue weighted by Crippen LogP contribution is -2.37. The van der Waals surface area contributed by atoms with Gasteiger partial charge in [0.05, 0.1) is 40.0 Å². The van der Waals surface area contributed by atoms with Crippen molar-refractivity contribution in [3.8, 4) is 5.75 Å². The Morgan fingerprint density at radius 1 is 1.09 bits per heavy atom. The lowest BCUT2D eigenvalue weighted by Gasteiger charge is -2.29. The van der Waals surface area contributed by atoms with Gasteiger partial charge < -0.3 is 35.5 Å². The van der Waals surface area contributed by atoms with E-state index in [1.165, 1.54) is 14.2 Å². The molecule has 1 aliphatic rings. The van der Waals surface area contributed by atoms with Crippen LogP contribution in [0.4, 0.5) is 10.5 Å². The molecule has 246 valence electrons. The molecule has 12 heteroatoms. The first-order valence-electron chi connectivity index (χ1n) is 15.0. The lowest BCUT2D eigenvalue weighted by molar-refractivity contribution is -0.112. The number of methoxy groups -OCH3 is 2. The summed E-state index contributed by atoms with van der Waals surface area (Å²) in [6, 6.07) is 6.78. The number of aliphatic hydroxyl groups is 1. The number of phenolic OH excluding ortho intramolecular Hbond substituents is 1. The van der Waals surface area contributed by atoms with Crippen LogP contribution in [0.15, 0.2) is 59.7 Å². The van der Waals surface area contributed by atoms with Crippen molar-refractivity contribution in [2.24, 2.45) is 17.6 Å². The number of carbonyl (C=O) groups excluding carboxylic acids is 2. The standard InChI is InChI=1S/C34H41ClN4O7/c1-17-12-22-29-25(37-24-15-21(35)10-11-23(24)38-29)16-26(31(22)41)39-33(42)18(2)8-7-9-27(44-5)32(46-34(36)43)20(4)14-19(3)30(40)28(13-17)45-6/h7-11,14-17,19,27-28,30,32,40-41H,12-13H2,1-6H3,(H2,36,43)(H,39,42)/b9-7-,18-8-,20-14-. The normalized spacial score (nSPS) is 28.1. The van der Waals surface area contributed by atoms with Crippen LogP contribution in [0.25, 0.3) is 22.1 Å². The Morgan fingerprint density at radius 3 is 2.50 bits per heavy atom. The molecule has 0 aliphatic carbocycles. The zero-order chi connectivity index (χ0) is 33.7. The Morgan fingerprint density at radius 2 is 1.83 bits per heavy atom. The fourth-order valence-corrected chi connectivity index (χ4v) is 5.90. The molecule has 0 fully saturated rings. The number of anilines is 1. The molecule has 46 heavy (non-hydrogen) atoms. The zero-order valence-corrected chi connectivity index (χ0v) is 27.5. The number of aromatic hydroxyl groups is 1. The van der Waals surface area contributed by atoms with Crippen LogP contribution in [0, 0.1) is 11.8 Å². The summed E-state index contributed by atoms with van der Waals surface area (Å²) in [7, 11) is 2.99. The number of primary amides is 1. The maximum absolute atomic E-state index is 13.3. The molecule has 3 aromatic rings. The third kappa shape index (κ3) is 8.03. The van der Waals surface area contributed by atoms with E-state index in [2.05, 4.69) is 5.32 Å². The second-order valence-electron chi connectivity index (χ2n) is 11.8. The number of carbonyl (C=O) groups is 2. The van der Waals surface area contributed by atoms with E-state index in [4.69, 9.17) is 41.5 Å². The summed E-state index contributed by atoms with van der Waals surface area (Å²) >= 11 is 6.22. The highest BCUT2D eigenvalue weighted by Crippen LogP contribution is 2.37. The van der Waals surface area contributed by atoms with Crippen molar-refractivity contribution in [1.82, 2.24) is 9.97 Å². The lowest BCUT2D eigenvalue weighted by atomic mass is 9.87. The number of benzene rings is 2. The Kier molecular flexibility index (Phi) is 11.4. The first-order valence-corrected chi connectivity index (χ1v) is 15.4. The van der Waals surface area contributed by atoms with Crippen molar-refractivity contribution >= 4 is 51.4 Å². The van der Waals surface area contributed by atoms with Crippen molar-refractivity contribution in [2.75, 3.05) is 19.5 Å². The molecule has 2 amide bonds. The van der Waals surface area contributed by atoms with E-state index in [0.29, 0.717) is 56.6 Å². The minimum Gasteiger partial charge on any atom is -0.505 e. The number of fused-ring (bicyclic) bond motifs is 5. The molecule has 6 atom stereocenters. The highest BCUT2D eigenvalue weighted by atomic mass is 35.5. The van der Waals surface area contributed by atoms with Crippen LogP contribution in [0.2, 0.25) is 5.02 Å². The average Bonchev–Trinajstić information content (AvgIpc) is 3.01. The molecule has 2 heterocycles. The van der Waals surface area contributed by atoms with Crippen LogP contribution in [-0.2, 0) is 25.4 Å². The minimum atomic E-state index is -0.983. The van der Waals surface area contributed by atoms with Gasteiger partial charge in [-0.1, -0.05) is 49.8 Å². The van der Waals surface area contributed by atoms with E-state index in [0.717, 1.165) is 0 Å². The number of allylic oxidation sites excluding steroid dienone is 2. The molecule has 0 saturated heterocycles. The Hall–Kier alpha value is -4.03. The molecular formula is C34H41ClN4O7. The molecule has 0 radical (unpaired) electrons.